The third-order valence-electron chi connectivity index (χ3n) is 2.45. The van der Waals surface area contributed by atoms with Crippen LogP contribution in [0.3, 0.4) is 0 Å². The van der Waals surface area contributed by atoms with Crippen molar-refractivity contribution in [3.8, 4) is 0 Å². The van der Waals surface area contributed by atoms with Crippen LogP contribution in [0.25, 0.3) is 0 Å². The lowest BCUT2D eigenvalue weighted by atomic mass is 10.1. The molecule has 96 valence electrons. The van der Waals surface area contributed by atoms with Crippen molar-refractivity contribution in [3.05, 3.63) is 0 Å². The summed E-state index contributed by atoms with van der Waals surface area (Å²) in [7, 11) is 1.21. The van der Waals surface area contributed by atoms with E-state index in [-0.39, 0.29) is 12.5 Å². The average molecular weight is 243 g/mol. The van der Waals surface area contributed by atoms with Crippen LogP contribution in [0.4, 0.5) is 4.79 Å². The van der Waals surface area contributed by atoms with Gasteiger partial charge in [0.05, 0.1) is 7.11 Å². The summed E-state index contributed by atoms with van der Waals surface area (Å²) in [5.74, 6) is -0.577. The third kappa shape index (κ3) is 4.71. The second-order valence-corrected chi connectivity index (χ2v) is 3.75. The Hall–Kier alpha value is -1.79. The van der Waals surface area contributed by atoms with Crippen molar-refractivity contribution in [3.63, 3.8) is 0 Å². The molecule has 0 unspecified atom stereocenters. The van der Waals surface area contributed by atoms with E-state index in [0.717, 1.165) is 12.8 Å². The molecule has 0 aromatic carbocycles. The molecule has 0 aromatic rings. The SMILES string of the molecule is COC(=O)NCC(=O)N[C@@H]1CCCCNC1=O. The first kappa shape index (κ1) is 13.3. The lowest BCUT2D eigenvalue weighted by molar-refractivity contribution is -0.128. The fraction of sp³-hybridized carbons (Fsp3) is 0.700. The fourth-order valence-electron chi connectivity index (χ4n) is 1.55. The number of carbonyl (C=O) groups excluding carboxylic acids is 3. The van der Waals surface area contributed by atoms with E-state index >= 15 is 0 Å². The van der Waals surface area contributed by atoms with E-state index in [2.05, 4.69) is 20.7 Å². The largest absolute Gasteiger partial charge is 0.453 e. The molecule has 0 bridgehead atoms. The summed E-state index contributed by atoms with van der Waals surface area (Å²) in [6.07, 6.45) is 1.74. The van der Waals surface area contributed by atoms with Gasteiger partial charge in [-0.15, -0.1) is 0 Å². The highest BCUT2D eigenvalue weighted by Gasteiger charge is 2.22. The van der Waals surface area contributed by atoms with E-state index in [1.165, 1.54) is 7.11 Å². The van der Waals surface area contributed by atoms with Crippen LogP contribution in [0.2, 0.25) is 0 Å². The van der Waals surface area contributed by atoms with Crippen molar-refractivity contribution in [1.29, 1.82) is 0 Å². The minimum absolute atomic E-state index is 0.172. The van der Waals surface area contributed by atoms with Gasteiger partial charge in [-0.05, 0) is 19.3 Å². The van der Waals surface area contributed by atoms with Gasteiger partial charge in [-0.25, -0.2) is 4.79 Å². The highest BCUT2D eigenvalue weighted by Crippen LogP contribution is 2.04. The van der Waals surface area contributed by atoms with Gasteiger partial charge in [0.25, 0.3) is 0 Å². The average Bonchev–Trinajstić information content (AvgIpc) is 2.52. The van der Waals surface area contributed by atoms with E-state index in [1.807, 2.05) is 0 Å². The number of rotatable bonds is 3. The van der Waals surface area contributed by atoms with Crippen LogP contribution in [0.15, 0.2) is 0 Å². The Morgan fingerprint density at radius 2 is 2.24 bits per heavy atom. The monoisotopic (exact) mass is 243 g/mol. The number of methoxy groups -OCH3 is 1. The van der Waals surface area contributed by atoms with Crippen molar-refractivity contribution in [1.82, 2.24) is 16.0 Å². The molecule has 0 aliphatic carbocycles. The predicted molar refractivity (Wildman–Crippen MR) is 59.2 cm³/mol. The van der Waals surface area contributed by atoms with Gasteiger partial charge >= 0.3 is 6.09 Å². The molecular formula is C10H17N3O4. The Morgan fingerprint density at radius 3 is 2.94 bits per heavy atom. The Balaban J connectivity index is 2.33. The van der Waals surface area contributed by atoms with Crippen LogP contribution in [0, 0.1) is 0 Å². The summed E-state index contributed by atoms with van der Waals surface area (Å²) in [6, 6.07) is -0.510. The van der Waals surface area contributed by atoms with E-state index in [1.54, 1.807) is 0 Å². The van der Waals surface area contributed by atoms with Crippen LogP contribution in [-0.4, -0.2) is 44.1 Å². The maximum atomic E-state index is 11.5. The Labute approximate surface area is 99.3 Å². The summed E-state index contributed by atoms with van der Waals surface area (Å²) < 4.78 is 4.32. The van der Waals surface area contributed by atoms with Gasteiger partial charge in [0.1, 0.15) is 12.6 Å². The fourth-order valence-corrected chi connectivity index (χ4v) is 1.55. The van der Waals surface area contributed by atoms with Gasteiger partial charge in [-0.3, -0.25) is 9.59 Å². The standard InChI is InChI=1S/C10H17N3O4/c1-17-10(16)12-6-8(14)13-7-4-2-3-5-11-9(7)15/h7H,2-6H2,1H3,(H,11,15)(H,12,16)(H,13,14)/t7-/m1/s1. The minimum atomic E-state index is -0.675. The smallest absolute Gasteiger partial charge is 0.407 e. The molecule has 3 N–H and O–H groups in total. The highest BCUT2D eigenvalue weighted by atomic mass is 16.5. The summed E-state index contributed by atoms with van der Waals surface area (Å²) in [5, 5.41) is 7.52. The molecule has 1 aliphatic rings. The summed E-state index contributed by atoms with van der Waals surface area (Å²) in [4.78, 5) is 33.7. The van der Waals surface area contributed by atoms with Crippen LogP contribution >= 0.6 is 0 Å². The molecule has 0 spiro atoms. The van der Waals surface area contributed by atoms with Crippen molar-refractivity contribution in [2.45, 2.75) is 25.3 Å². The van der Waals surface area contributed by atoms with Gasteiger partial charge in [-0.1, -0.05) is 0 Å². The molecule has 1 fully saturated rings. The summed E-state index contributed by atoms with van der Waals surface area (Å²) in [6.45, 7) is 0.446. The molecular weight excluding hydrogens is 226 g/mol. The van der Waals surface area contributed by atoms with Gasteiger partial charge < -0.3 is 20.7 Å². The number of nitrogens with one attached hydrogen (secondary N) is 3. The Bertz CT molecular complexity index is 306. The van der Waals surface area contributed by atoms with Gasteiger partial charge in [0.15, 0.2) is 0 Å². The third-order valence-corrected chi connectivity index (χ3v) is 2.45. The minimum Gasteiger partial charge on any atom is -0.453 e. The molecule has 0 aromatic heterocycles. The second kappa shape index (κ2) is 6.72. The summed E-state index contributed by atoms with van der Waals surface area (Å²) in [5.41, 5.74) is 0. The zero-order chi connectivity index (χ0) is 12.7. The molecule has 17 heavy (non-hydrogen) atoms. The van der Waals surface area contributed by atoms with Crippen molar-refractivity contribution in [2.24, 2.45) is 0 Å². The molecule has 7 nitrogen and oxygen atoms in total. The Kier molecular flexibility index (Phi) is 5.25. The van der Waals surface area contributed by atoms with E-state index in [9.17, 15) is 14.4 Å². The maximum absolute atomic E-state index is 11.5. The second-order valence-electron chi connectivity index (χ2n) is 3.75. The Morgan fingerprint density at radius 1 is 1.47 bits per heavy atom. The number of carbonyl (C=O) groups is 3. The van der Waals surface area contributed by atoms with Crippen molar-refractivity contribution < 1.29 is 19.1 Å². The first-order valence-electron chi connectivity index (χ1n) is 5.52. The number of alkyl carbamates (subject to hydrolysis) is 1. The molecule has 1 heterocycles. The van der Waals surface area contributed by atoms with Crippen molar-refractivity contribution >= 4 is 17.9 Å². The van der Waals surface area contributed by atoms with Gasteiger partial charge in [0.2, 0.25) is 11.8 Å². The number of ether oxygens (including phenoxy) is 1. The predicted octanol–water partition coefficient (Wildman–Crippen LogP) is -0.873. The topological polar surface area (TPSA) is 96.5 Å². The van der Waals surface area contributed by atoms with E-state index in [0.29, 0.717) is 13.0 Å². The summed E-state index contributed by atoms with van der Waals surface area (Å²) >= 11 is 0. The zero-order valence-corrected chi connectivity index (χ0v) is 9.75. The van der Waals surface area contributed by atoms with Gasteiger partial charge in [-0.2, -0.15) is 0 Å². The molecule has 1 aliphatic heterocycles. The lowest BCUT2D eigenvalue weighted by Crippen LogP contribution is -2.48. The molecule has 1 saturated heterocycles. The molecule has 3 amide bonds. The normalized spacial score (nSPS) is 19.8. The van der Waals surface area contributed by atoms with Crippen LogP contribution in [0.1, 0.15) is 19.3 Å². The van der Waals surface area contributed by atoms with Crippen LogP contribution < -0.4 is 16.0 Å². The lowest BCUT2D eigenvalue weighted by Gasteiger charge is -2.15. The zero-order valence-electron chi connectivity index (χ0n) is 9.75. The van der Waals surface area contributed by atoms with Gasteiger partial charge in [0, 0.05) is 6.54 Å². The van der Waals surface area contributed by atoms with Crippen LogP contribution in [-0.2, 0) is 14.3 Å². The first-order valence-corrected chi connectivity index (χ1v) is 5.52. The highest BCUT2D eigenvalue weighted by molar-refractivity contribution is 5.89. The molecule has 7 heteroatoms. The van der Waals surface area contributed by atoms with Crippen molar-refractivity contribution in [2.75, 3.05) is 20.2 Å². The molecule has 1 atom stereocenters. The number of hydrogen-bond acceptors (Lipinski definition) is 4. The van der Waals surface area contributed by atoms with E-state index < -0.39 is 18.0 Å². The molecule has 0 radical (unpaired) electrons. The quantitative estimate of drug-likeness (QED) is 0.600. The first-order chi connectivity index (χ1) is 8.13. The van der Waals surface area contributed by atoms with E-state index in [4.69, 9.17) is 0 Å². The van der Waals surface area contributed by atoms with Crippen LogP contribution in [0.5, 0.6) is 0 Å². The number of hydrogen-bond donors (Lipinski definition) is 3. The molecule has 0 saturated carbocycles. The number of amides is 3. The maximum Gasteiger partial charge on any atom is 0.407 e. The molecule has 1 rings (SSSR count).